The number of hydrogen-bond acceptors (Lipinski definition) is 8. The number of piperidine rings is 1. The fraction of sp³-hybridized carbons (Fsp3) is 0.359. The first-order valence-corrected chi connectivity index (χ1v) is 16.8. The Morgan fingerprint density at radius 1 is 0.958 bits per heavy atom. The SMILES string of the molecule is Cc1c(COc2cc(OCc3cncc(C#N)c3)c(C=O)cc2Cl)cccc1-c1cccc(OCCCN2CCC3COCC3C2)c1C. The standard InChI is InChI=1S/C39H40ClN3O5/c1-26-30(25-48-39-16-38(32(21-44)15-36(39)40)47-22-29-14-28(17-41)18-42-19-29)6-3-7-34(26)35-8-4-9-37(27(35)2)46-13-5-11-43-12-10-31-23-45-24-33(31)20-43/h3-4,6-9,14-16,18-19,21,31,33H,5,10-13,20,22-25H2,1-2H3. The highest BCUT2D eigenvalue weighted by atomic mass is 35.5. The zero-order valence-corrected chi connectivity index (χ0v) is 28.2. The van der Waals surface area contributed by atoms with Gasteiger partial charge in [-0.1, -0.05) is 41.9 Å². The molecule has 0 radical (unpaired) electrons. The first-order chi connectivity index (χ1) is 23.4. The minimum Gasteiger partial charge on any atom is -0.493 e. The van der Waals surface area contributed by atoms with Crippen LogP contribution in [0.25, 0.3) is 11.1 Å². The molecule has 3 heterocycles. The number of hydrogen-bond donors (Lipinski definition) is 0. The number of halogens is 1. The fourth-order valence-corrected chi connectivity index (χ4v) is 6.85. The number of fused-ring (bicyclic) bond motifs is 1. The van der Waals surface area contributed by atoms with Gasteiger partial charge in [0.15, 0.2) is 6.29 Å². The molecular formula is C39H40ClN3O5. The van der Waals surface area contributed by atoms with Crippen molar-refractivity contribution in [3.63, 3.8) is 0 Å². The van der Waals surface area contributed by atoms with Crippen molar-refractivity contribution in [2.45, 2.75) is 39.9 Å². The van der Waals surface area contributed by atoms with E-state index in [2.05, 4.69) is 41.9 Å². The maximum Gasteiger partial charge on any atom is 0.153 e. The van der Waals surface area contributed by atoms with E-state index >= 15 is 0 Å². The Morgan fingerprint density at radius 3 is 2.58 bits per heavy atom. The third kappa shape index (κ3) is 7.82. The largest absolute Gasteiger partial charge is 0.493 e. The number of rotatable bonds is 13. The topological polar surface area (TPSA) is 93.9 Å². The summed E-state index contributed by atoms with van der Waals surface area (Å²) in [5, 5.41) is 9.47. The van der Waals surface area contributed by atoms with Gasteiger partial charge < -0.3 is 23.8 Å². The van der Waals surface area contributed by atoms with Crippen molar-refractivity contribution >= 4 is 17.9 Å². The molecule has 48 heavy (non-hydrogen) atoms. The molecule has 0 spiro atoms. The Morgan fingerprint density at radius 2 is 1.75 bits per heavy atom. The van der Waals surface area contributed by atoms with E-state index in [4.69, 9.17) is 35.8 Å². The molecule has 2 aliphatic rings. The zero-order valence-electron chi connectivity index (χ0n) is 27.4. The monoisotopic (exact) mass is 665 g/mol. The van der Waals surface area contributed by atoms with E-state index in [-0.39, 0.29) is 13.2 Å². The molecule has 2 saturated heterocycles. The molecule has 8 nitrogen and oxygen atoms in total. The van der Waals surface area contributed by atoms with Crippen LogP contribution in [0, 0.1) is 37.0 Å². The third-order valence-electron chi connectivity index (χ3n) is 9.43. The minimum atomic E-state index is 0.128. The van der Waals surface area contributed by atoms with Crippen LogP contribution >= 0.6 is 11.6 Å². The van der Waals surface area contributed by atoms with Crippen molar-refractivity contribution in [2.75, 3.05) is 39.5 Å². The van der Waals surface area contributed by atoms with Crippen LogP contribution in [0.1, 0.15) is 51.0 Å². The maximum absolute atomic E-state index is 11.8. The summed E-state index contributed by atoms with van der Waals surface area (Å²) in [6, 6.07) is 19.3. The summed E-state index contributed by atoms with van der Waals surface area (Å²) in [7, 11) is 0. The van der Waals surface area contributed by atoms with Crippen LogP contribution in [0.15, 0.2) is 67.0 Å². The first kappa shape index (κ1) is 33.5. The number of nitriles is 1. The van der Waals surface area contributed by atoms with Gasteiger partial charge in [-0.05, 0) is 85.2 Å². The molecule has 0 aliphatic carbocycles. The van der Waals surface area contributed by atoms with Crippen LogP contribution in [-0.4, -0.2) is 55.6 Å². The van der Waals surface area contributed by atoms with Gasteiger partial charge in [0.2, 0.25) is 0 Å². The van der Waals surface area contributed by atoms with Crippen molar-refractivity contribution in [3.8, 4) is 34.4 Å². The Balaban J connectivity index is 1.09. The summed E-state index contributed by atoms with van der Waals surface area (Å²) in [6.45, 7) is 10.5. The number of ether oxygens (including phenoxy) is 4. The fourth-order valence-electron chi connectivity index (χ4n) is 6.62. The number of pyridine rings is 1. The molecule has 6 rings (SSSR count). The summed E-state index contributed by atoms with van der Waals surface area (Å²) >= 11 is 6.52. The van der Waals surface area contributed by atoms with E-state index in [1.807, 2.05) is 24.3 Å². The van der Waals surface area contributed by atoms with E-state index in [0.717, 1.165) is 78.8 Å². The molecule has 2 fully saturated rings. The van der Waals surface area contributed by atoms with Gasteiger partial charge in [0.1, 0.15) is 36.5 Å². The van der Waals surface area contributed by atoms with Gasteiger partial charge in [0.25, 0.3) is 0 Å². The molecule has 2 unspecified atom stereocenters. The maximum atomic E-state index is 11.8. The molecular weight excluding hydrogens is 626 g/mol. The highest BCUT2D eigenvalue weighted by molar-refractivity contribution is 6.32. The van der Waals surface area contributed by atoms with Gasteiger partial charge in [-0.2, -0.15) is 5.26 Å². The van der Waals surface area contributed by atoms with Gasteiger partial charge in [-0.25, -0.2) is 0 Å². The predicted octanol–water partition coefficient (Wildman–Crippen LogP) is 7.60. The zero-order chi connectivity index (χ0) is 33.5. The average Bonchev–Trinajstić information content (AvgIpc) is 3.58. The van der Waals surface area contributed by atoms with Crippen molar-refractivity contribution < 1.29 is 23.7 Å². The van der Waals surface area contributed by atoms with Crippen LogP contribution in [0.5, 0.6) is 17.2 Å². The molecule has 3 aromatic carbocycles. The van der Waals surface area contributed by atoms with Gasteiger partial charge in [0.05, 0.1) is 29.4 Å². The van der Waals surface area contributed by atoms with E-state index < -0.39 is 0 Å². The van der Waals surface area contributed by atoms with Crippen LogP contribution in [0.3, 0.4) is 0 Å². The van der Waals surface area contributed by atoms with Gasteiger partial charge in [0, 0.05) is 49.6 Å². The van der Waals surface area contributed by atoms with Crippen molar-refractivity contribution in [2.24, 2.45) is 11.8 Å². The molecule has 0 N–H and O–H groups in total. The second-order valence-corrected chi connectivity index (χ2v) is 13.0. The lowest BCUT2D eigenvalue weighted by Gasteiger charge is -2.33. The Kier molecular flexibility index (Phi) is 10.9. The van der Waals surface area contributed by atoms with Crippen molar-refractivity contribution in [1.82, 2.24) is 9.88 Å². The molecule has 4 aromatic rings. The third-order valence-corrected chi connectivity index (χ3v) is 9.72. The molecule has 2 atom stereocenters. The Hall–Kier alpha value is -4.42. The van der Waals surface area contributed by atoms with Crippen molar-refractivity contribution in [1.29, 1.82) is 5.26 Å². The number of benzene rings is 3. The van der Waals surface area contributed by atoms with Gasteiger partial charge in [-0.15, -0.1) is 0 Å². The normalized spacial score (nSPS) is 17.4. The number of aromatic nitrogens is 1. The summed E-state index contributed by atoms with van der Waals surface area (Å²) in [4.78, 5) is 18.4. The number of nitrogens with zero attached hydrogens (tertiary/aromatic N) is 3. The van der Waals surface area contributed by atoms with Crippen LogP contribution in [0.2, 0.25) is 5.02 Å². The Labute approximate surface area is 287 Å². The second kappa shape index (κ2) is 15.7. The number of carbonyl (C=O) groups is 1. The molecule has 0 saturated carbocycles. The summed E-state index contributed by atoms with van der Waals surface area (Å²) in [5.74, 6) is 3.08. The highest BCUT2D eigenvalue weighted by Gasteiger charge is 2.33. The summed E-state index contributed by atoms with van der Waals surface area (Å²) in [6.07, 6.45) is 6.02. The smallest absolute Gasteiger partial charge is 0.153 e. The van der Waals surface area contributed by atoms with Crippen LogP contribution < -0.4 is 14.2 Å². The average molecular weight is 666 g/mol. The number of aldehydes is 1. The minimum absolute atomic E-state index is 0.128. The lowest BCUT2D eigenvalue weighted by Crippen LogP contribution is -2.40. The number of carbonyl (C=O) groups excluding carboxylic acids is 1. The molecule has 248 valence electrons. The van der Waals surface area contributed by atoms with E-state index in [1.165, 1.54) is 18.7 Å². The summed E-state index contributed by atoms with van der Waals surface area (Å²) in [5.41, 5.74) is 6.88. The molecule has 2 aliphatic heterocycles. The van der Waals surface area contributed by atoms with E-state index in [1.54, 1.807) is 18.3 Å². The lowest BCUT2D eigenvalue weighted by molar-refractivity contribution is 0.111. The quantitative estimate of drug-likeness (QED) is 0.106. The second-order valence-electron chi connectivity index (χ2n) is 12.6. The molecule has 1 aromatic heterocycles. The Bertz CT molecular complexity index is 1810. The molecule has 0 bridgehead atoms. The van der Waals surface area contributed by atoms with Gasteiger partial charge in [-0.3, -0.25) is 9.78 Å². The van der Waals surface area contributed by atoms with Crippen LogP contribution in [-0.2, 0) is 18.0 Å². The van der Waals surface area contributed by atoms with E-state index in [0.29, 0.717) is 52.0 Å². The highest BCUT2D eigenvalue weighted by Crippen LogP contribution is 2.36. The number of likely N-dealkylation sites (tertiary alicyclic amines) is 1. The van der Waals surface area contributed by atoms with Crippen molar-refractivity contribution in [3.05, 3.63) is 105 Å². The first-order valence-electron chi connectivity index (χ1n) is 16.4. The van der Waals surface area contributed by atoms with E-state index in [9.17, 15) is 4.79 Å². The predicted molar refractivity (Wildman–Crippen MR) is 185 cm³/mol. The molecule has 0 amide bonds. The lowest BCUT2D eigenvalue weighted by atomic mass is 9.89. The van der Waals surface area contributed by atoms with Gasteiger partial charge >= 0.3 is 0 Å². The van der Waals surface area contributed by atoms with Crippen LogP contribution in [0.4, 0.5) is 0 Å². The summed E-state index contributed by atoms with van der Waals surface area (Å²) < 4.78 is 24.1. The molecule has 9 heteroatoms.